The molecule has 154 valence electrons. The van der Waals surface area contributed by atoms with Gasteiger partial charge in [0.15, 0.2) is 11.6 Å². The number of anilines is 1. The Bertz CT molecular complexity index is 1010. The molecule has 0 spiro atoms. The molecule has 2 N–H and O–H groups in total. The summed E-state index contributed by atoms with van der Waals surface area (Å²) in [4.78, 5) is 33.0. The van der Waals surface area contributed by atoms with Crippen LogP contribution in [0.3, 0.4) is 0 Å². The van der Waals surface area contributed by atoms with Crippen LogP contribution in [0.2, 0.25) is 0 Å². The second kappa shape index (κ2) is 9.17. The van der Waals surface area contributed by atoms with Gasteiger partial charge in [-0.15, -0.1) is 0 Å². The highest BCUT2D eigenvalue weighted by Gasteiger charge is 2.16. The first-order chi connectivity index (χ1) is 14.3. The zero-order chi connectivity index (χ0) is 21.6. The van der Waals surface area contributed by atoms with Gasteiger partial charge in [0, 0.05) is 35.3 Å². The van der Waals surface area contributed by atoms with Crippen LogP contribution in [0.1, 0.15) is 47.1 Å². The zero-order valence-electron chi connectivity index (χ0n) is 17.2. The van der Waals surface area contributed by atoms with E-state index in [2.05, 4.69) is 20.6 Å². The molecular formula is C23H24N4O3. The molecular weight excluding hydrogens is 380 g/mol. The van der Waals surface area contributed by atoms with Crippen LogP contribution in [0.25, 0.3) is 0 Å². The van der Waals surface area contributed by atoms with Crippen LogP contribution in [0.5, 0.6) is 5.75 Å². The molecule has 0 aliphatic carbocycles. The van der Waals surface area contributed by atoms with E-state index in [9.17, 15) is 9.59 Å². The Hall–Kier alpha value is -3.74. The number of ether oxygens (including phenoxy) is 1. The van der Waals surface area contributed by atoms with Crippen molar-refractivity contribution in [1.29, 1.82) is 0 Å². The number of nitrogens with zero attached hydrogens (tertiary/aromatic N) is 2. The molecule has 30 heavy (non-hydrogen) atoms. The molecule has 1 aromatic carbocycles. The van der Waals surface area contributed by atoms with Crippen molar-refractivity contribution in [3.05, 3.63) is 83.8 Å². The van der Waals surface area contributed by atoms with Crippen LogP contribution in [0, 0.1) is 0 Å². The van der Waals surface area contributed by atoms with Crippen LogP contribution in [-0.4, -0.2) is 27.3 Å². The molecule has 7 nitrogen and oxygen atoms in total. The fourth-order valence-electron chi connectivity index (χ4n) is 2.61. The predicted octanol–water partition coefficient (Wildman–Crippen LogP) is 3.84. The van der Waals surface area contributed by atoms with E-state index >= 15 is 0 Å². The number of rotatable bonds is 6. The molecule has 7 heteroatoms. The Morgan fingerprint density at radius 2 is 1.53 bits per heavy atom. The summed E-state index contributed by atoms with van der Waals surface area (Å²) in [6.07, 6.45) is 4.96. The van der Waals surface area contributed by atoms with Gasteiger partial charge in [0.1, 0.15) is 6.61 Å². The minimum Gasteiger partial charge on any atom is -0.485 e. The van der Waals surface area contributed by atoms with Gasteiger partial charge in [0.2, 0.25) is 0 Å². The van der Waals surface area contributed by atoms with Crippen molar-refractivity contribution >= 4 is 17.6 Å². The van der Waals surface area contributed by atoms with E-state index < -0.39 is 0 Å². The third-order valence-corrected chi connectivity index (χ3v) is 4.04. The van der Waals surface area contributed by atoms with Crippen molar-refractivity contribution in [2.75, 3.05) is 5.32 Å². The molecule has 0 fully saturated rings. The van der Waals surface area contributed by atoms with E-state index in [1.165, 1.54) is 0 Å². The summed E-state index contributed by atoms with van der Waals surface area (Å²) < 4.78 is 5.80. The standard InChI is InChI=1S/C23H24N4O3/c1-23(2,3)27-22(29)18-8-6-17(7-9-18)21(28)26-20-19(5-4-12-25-20)30-15-16-10-13-24-14-11-16/h4-14H,15H2,1-3H3,(H,27,29)(H,25,26,28). The van der Waals surface area contributed by atoms with E-state index in [0.29, 0.717) is 29.3 Å². The number of hydrogen-bond acceptors (Lipinski definition) is 5. The number of carbonyl (C=O) groups excluding carboxylic acids is 2. The van der Waals surface area contributed by atoms with Crippen molar-refractivity contribution in [3.63, 3.8) is 0 Å². The summed E-state index contributed by atoms with van der Waals surface area (Å²) in [6.45, 7) is 6.06. The number of amides is 2. The molecule has 0 aliphatic heterocycles. The average molecular weight is 404 g/mol. The Kier molecular flexibility index (Phi) is 6.41. The van der Waals surface area contributed by atoms with Gasteiger partial charge in [-0.2, -0.15) is 0 Å². The van der Waals surface area contributed by atoms with E-state index in [-0.39, 0.29) is 17.4 Å². The Balaban J connectivity index is 1.67. The molecule has 0 atom stereocenters. The van der Waals surface area contributed by atoms with Gasteiger partial charge < -0.3 is 15.4 Å². The van der Waals surface area contributed by atoms with E-state index in [0.717, 1.165) is 5.56 Å². The second-order valence-electron chi connectivity index (χ2n) is 7.73. The van der Waals surface area contributed by atoms with Gasteiger partial charge in [0.25, 0.3) is 11.8 Å². The number of nitrogens with one attached hydrogen (secondary N) is 2. The Morgan fingerprint density at radius 3 is 2.17 bits per heavy atom. The van der Waals surface area contributed by atoms with Crippen molar-refractivity contribution in [3.8, 4) is 5.75 Å². The van der Waals surface area contributed by atoms with Crippen LogP contribution >= 0.6 is 0 Å². The summed E-state index contributed by atoms with van der Waals surface area (Å²) in [5.74, 6) is 0.256. The number of hydrogen-bond donors (Lipinski definition) is 2. The molecule has 3 aromatic rings. The maximum Gasteiger partial charge on any atom is 0.256 e. The van der Waals surface area contributed by atoms with Crippen LogP contribution in [0.15, 0.2) is 67.1 Å². The van der Waals surface area contributed by atoms with Crippen molar-refractivity contribution in [2.24, 2.45) is 0 Å². The topological polar surface area (TPSA) is 93.2 Å². The van der Waals surface area contributed by atoms with Crippen LogP contribution in [-0.2, 0) is 6.61 Å². The van der Waals surface area contributed by atoms with Crippen molar-refractivity contribution in [1.82, 2.24) is 15.3 Å². The molecule has 0 saturated carbocycles. The minimum atomic E-state index is -0.342. The first-order valence-corrected chi connectivity index (χ1v) is 9.52. The van der Waals surface area contributed by atoms with Gasteiger partial charge in [-0.1, -0.05) is 0 Å². The van der Waals surface area contributed by atoms with Gasteiger partial charge in [0.05, 0.1) is 0 Å². The molecule has 0 unspecified atom stereocenters. The summed E-state index contributed by atoms with van der Waals surface area (Å²) >= 11 is 0. The molecule has 2 aromatic heterocycles. The average Bonchev–Trinajstić information content (AvgIpc) is 2.73. The van der Waals surface area contributed by atoms with E-state index in [1.807, 2.05) is 32.9 Å². The maximum absolute atomic E-state index is 12.6. The Morgan fingerprint density at radius 1 is 0.900 bits per heavy atom. The number of benzene rings is 1. The minimum absolute atomic E-state index is 0.189. The fraction of sp³-hybridized carbons (Fsp3) is 0.217. The summed E-state index contributed by atoms with van der Waals surface area (Å²) in [5, 5.41) is 5.65. The molecule has 2 heterocycles. The summed E-state index contributed by atoms with van der Waals surface area (Å²) in [7, 11) is 0. The number of carbonyl (C=O) groups is 2. The lowest BCUT2D eigenvalue weighted by molar-refractivity contribution is 0.0918. The highest BCUT2D eigenvalue weighted by atomic mass is 16.5. The highest BCUT2D eigenvalue weighted by Crippen LogP contribution is 2.23. The third kappa shape index (κ3) is 5.88. The first-order valence-electron chi connectivity index (χ1n) is 9.52. The third-order valence-electron chi connectivity index (χ3n) is 4.04. The zero-order valence-corrected chi connectivity index (χ0v) is 17.2. The van der Waals surface area contributed by atoms with E-state index in [4.69, 9.17) is 4.74 Å². The van der Waals surface area contributed by atoms with Crippen molar-refractivity contribution in [2.45, 2.75) is 32.9 Å². The maximum atomic E-state index is 12.6. The lowest BCUT2D eigenvalue weighted by Gasteiger charge is -2.20. The number of aromatic nitrogens is 2. The molecule has 3 rings (SSSR count). The largest absolute Gasteiger partial charge is 0.485 e. The Labute approximate surface area is 175 Å². The molecule has 0 saturated heterocycles. The van der Waals surface area contributed by atoms with Gasteiger partial charge in [-0.3, -0.25) is 14.6 Å². The smallest absolute Gasteiger partial charge is 0.256 e. The predicted molar refractivity (Wildman–Crippen MR) is 114 cm³/mol. The second-order valence-corrected chi connectivity index (χ2v) is 7.73. The lowest BCUT2D eigenvalue weighted by Crippen LogP contribution is -2.40. The number of pyridine rings is 2. The molecule has 0 bridgehead atoms. The summed E-state index contributed by atoms with van der Waals surface area (Å²) in [6, 6.07) is 13.6. The quantitative estimate of drug-likeness (QED) is 0.651. The lowest BCUT2D eigenvalue weighted by atomic mass is 10.1. The fourth-order valence-corrected chi connectivity index (χ4v) is 2.61. The van der Waals surface area contributed by atoms with Gasteiger partial charge in [-0.25, -0.2) is 4.98 Å². The van der Waals surface area contributed by atoms with Gasteiger partial charge in [-0.05, 0) is 74.9 Å². The van der Waals surface area contributed by atoms with Crippen LogP contribution < -0.4 is 15.4 Å². The first kappa shape index (κ1) is 21.0. The highest BCUT2D eigenvalue weighted by molar-refractivity contribution is 6.05. The van der Waals surface area contributed by atoms with Crippen LogP contribution in [0.4, 0.5) is 5.82 Å². The molecule has 0 radical (unpaired) electrons. The van der Waals surface area contributed by atoms with Gasteiger partial charge >= 0.3 is 0 Å². The normalized spacial score (nSPS) is 10.9. The van der Waals surface area contributed by atoms with Crippen molar-refractivity contribution < 1.29 is 14.3 Å². The monoisotopic (exact) mass is 404 g/mol. The SMILES string of the molecule is CC(C)(C)NC(=O)c1ccc(C(=O)Nc2ncccc2OCc2ccncc2)cc1. The molecule has 0 aliphatic rings. The molecule has 2 amide bonds. The van der Waals surface area contributed by atoms with E-state index in [1.54, 1.807) is 55.0 Å². The summed E-state index contributed by atoms with van der Waals surface area (Å²) in [5.41, 5.74) is 1.52.